The minimum atomic E-state index is -0.0311. The molecule has 4 aromatic rings. The fourth-order valence-electron chi connectivity index (χ4n) is 5.07. The first-order chi connectivity index (χ1) is 15.3. The number of hydrogen-bond acceptors (Lipinski definition) is 0. The van der Waals surface area contributed by atoms with Crippen molar-refractivity contribution < 1.29 is 24.7 Å². The molecule has 0 heterocycles. The summed E-state index contributed by atoms with van der Waals surface area (Å²) in [5.41, 5.74) is 11.2. The minimum absolute atomic E-state index is 0.0311. The van der Waals surface area contributed by atoms with Gasteiger partial charge in [-0.3, -0.25) is 0 Å². The summed E-state index contributed by atoms with van der Waals surface area (Å²) in [6.45, 7) is 9.35. The van der Waals surface area contributed by atoms with E-state index in [-0.39, 0.29) is 10.8 Å². The van der Waals surface area contributed by atoms with Gasteiger partial charge in [0.05, 0.1) is 0 Å². The van der Waals surface area contributed by atoms with Gasteiger partial charge < -0.3 is 0 Å². The normalized spacial score (nSPS) is 13.6. The Kier molecular flexibility index (Phi) is 5.38. The molecule has 0 amide bonds. The van der Waals surface area contributed by atoms with Crippen LogP contribution in [0.1, 0.15) is 64.7 Å². The van der Waals surface area contributed by atoms with Crippen molar-refractivity contribution in [2.45, 2.75) is 42.2 Å². The van der Waals surface area contributed by atoms with Crippen LogP contribution in [0.3, 0.4) is 0 Å². The van der Waals surface area contributed by atoms with E-state index in [0.29, 0.717) is 3.63 Å². The molecule has 0 spiro atoms. The van der Waals surface area contributed by atoms with E-state index in [9.17, 15) is 0 Å². The van der Waals surface area contributed by atoms with Crippen LogP contribution in [0.4, 0.5) is 0 Å². The molecular formula is C31H29Zr. The van der Waals surface area contributed by atoms with Gasteiger partial charge >= 0.3 is 208 Å². The van der Waals surface area contributed by atoms with Gasteiger partial charge in [-0.05, 0) is 0 Å². The quantitative estimate of drug-likeness (QED) is 0.271. The first-order valence-corrected chi connectivity index (χ1v) is 12.8. The molecule has 0 aromatic heterocycles. The molecule has 1 aliphatic carbocycles. The molecule has 0 saturated carbocycles. The summed E-state index contributed by atoms with van der Waals surface area (Å²) in [6, 6.07) is 36.1. The molecule has 0 bridgehead atoms. The Balaban J connectivity index is 1.62. The molecule has 157 valence electrons. The van der Waals surface area contributed by atoms with Crippen LogP contribution in [0.15, 0.2) is 97.1 Å². The van der Waals surface area contributed by atoms with Crippen molar-refractivity contribution in [3.05, 3.63) is 130 Å². The summed E-state index contributed by atoms with van der Waals surface area (Å²) < 4.78 is 0.523. The van der Waals surface area contributed by atoms with Crippen molar-refractivity contribution in [1.29, 1.82) is 0 Å². The molecule has 0 aliphatic heterocycles. The molecule has 4 aromatic carbocycles. The Morgan fingerprint density at radius 1 is 0.500 bits per heavy atom. The Bertz CT molecular complexity index is 1170. The third-order valence-electron chi connectivity index (χ3n) is 7.45. The van der Waals surface area contributed by atoms with Crippen molar-refractivity contribution in [2.75, 3.05) is 0 Å². The molecule has 0 atom stereocenters. The van der Waals surface area contributed by atoms with Gasteiger partial charge in [-0.25, -0.2) is 0 Å². The van der Waals surface area contributed by atoms with Gasteiger partial charge in [0.25, 0.3) is 0 Å². The molecule has 5 rings (SSSR count). The summed E-state index contributed by atoms with van der Waals surface area (Å²) in [6.07, 6.45) is 0. The van der Waals surface area contributed by atoms with Crippen LogP contribution in [0.5, 0.6) is 0 Å². The van der Waals surface area contributed by atoms with Crippen LogP contribution in [0.25, 0.3) is 11.1 Å². The predicted octanol–water partition coefficient (Wildman–Crippen LogP) is 7.96. The van der Waals surface area contributed by atoms with E-state index in [1.54, 1.807) is 24.7 Å². The third kappa shape index (κ3) is 3.46. The van der Waals surface area contributed by atoms with Gasteiger partial charge in [0.15, 0.2) is 0 Å². The standard InChI is InChI=1S/C31H29.Zr/c1-30(2,24-11-7-5-8-12-24)26-17-15-22-19-23-16-18-27(21-29(23)28(22)20-26)31(3,4)25-13-9-6-10-14-25;/h5-21H,1-4H3;. The molecule has 0 N–H and O–H groups in total. The molecule has 0 radical (unpaired) electrons. The van der Waals surface area contributed by atoms with Crippen LogP contribution in [0.2, 0.25) is 0 Å². The van der Waals surface area contributed by atoms with Crippen LogP contribution in [-0.4, -0.2) is 0 Å². The maximum atomic E-state index is 2.46. The molecule has 1 heteroatoms. The summed E-state index contributed by atoms with van der Waals surface area (Å²) >= 11 is 1.56. The summed E-state index contributed by atoms with van der Waals surface area (Å²) in [7, 11) is 0. The number of benzene rings is 4. The zero-order valence-corrected chi connectivity index (χ0v) is 21.8. The van der Waals surface area contributed by atoms with E-state index in [1.807, 2.05) is 0 Å². The second kappa shape index (κ2) is 7.96. The summed E-state index contributed by atoms with van der Waals surface area (Å²) in [4.78, 5) is 0. The maximum absolute atomic E-state index is 2.46. The van der Waals surface area contributed by atoms with Crippen molar-refractivity contribution in [3.63, 3.8) is 0 Å². The number of hydrogen-bond donors (Lipinski definition) is 0. The average Bonchev–Trinajstić information content (AvgIpc) is 3.11. The summed E-state index contributed by atoms with van der Waals surface area (Å²) in [5.74, 6) is 0. The van der Waals surface area contributed by atoms with E-state index in [2.05, 4.69) is 125 Å². The third-order valence-corrected chi connectivity index (χ3v) is 8.98. The van der Waals surface area contributed by atoms with Gasteiger partial charge in [-0.2, -0.15) is 0 Å². The van der Waals surface area contributed by atoms with Crippen LogP contribution in [0, 0.1) is 0 Å². The topological polar surface area (TPSA) is 0 Å². The van der Waals surface area contributed by atoms with Gasteiger partial charge in [-0.15, -0.1) is 0 Å². The Morgan fingerprint density at radius 2 is 0.875 bits per heavy atom. The van der Waals surface area contributed by atoms with E-state index in [4.69, 9.17) is 0 Å². The molecule has 1 aliphatic rings. The SMILES string of the molecule is CC(C)(c1ccccc1)c1ccc2c(c1)-c1cc(C(C)(C)c3ccccc3)ccc1[CH]2[Zr]. The number of rotatable bonds is 4. The second-order valence-corrected chi connectivity index (χ2v) is 11.4. The van der Waals surface area contributed by atoms with Crippen LogP contribution >= 0.6 is 0 Å². The Morgan fingerprint density at radius 3 is 1.25 bits per heavy atom. The molecule has 0 fully saturated rings. The average molecular weight is 493 g/mol. The van der Waals surface area contributed by atoms with E-state index in [0.717, 1.165) is 0 Å². The van der Waals surface area contributed by atoms with Crippen molar-refractivity contribution in [2.24, 2.45) is 0 Å². The fourth-order valence-corrected chi connectivity index (χ4v) is 6.31. The van der Waals surface area contributed by atoms with Crippen LogP contribution in [-0.2, 0) is 35.5 Å². The van der Waals surface area contributed by atoms with Gasteiger partial charge in [0.2, 0.25) is 0 Å². The first-order valence-electron chi connectivity index (χ1n) is 11.4. The Hall–Kier alpha value is -2.24. The molecule has 32 heavy (non-hydrogen) atoms. The monoisotopic (exact) mass is 491 g/mol. The molecule has 0 unspecified atom stereocenters. The molecular weight excluding hydrogens is 464 g/mol. The van der Waals surface area contributed by atoms with E-state index >= 15 is 0 Å². The van der Waals surface area contributed by atoms with Crippen LogP contribution < -0.4 is 0 Å². The Labute approximate surface area is 207 Å². The fraction of sp³-hybridized carbons (Fsp3) is 0.226. The number of fused-ring (bicyclic) bond motifs is 3. The van der Waals surface area contributed by atoms with Gasteiger partial charge in [0, 0.05) is 0 Å². The molecule has 0 nitrogen and oxygen atoms in total. The van der Waals surface area contributed by atoms with Crippen molar-refractivity contribution in [3.8, 4) is 11.1 Å². The van der Waals surface area contributed by atoms with Crippen molar-refractivity contribution in [1.82, 2.24) is 0 Å². The van der Waals surface area contributed by atoms with Gasteiger partial charge in [0.1, 0.15) is 0 Å². The predicted molar refractivity (Wildman–Crippen MR) is 131 cm³/mol. The molecule has 0 saturated heterocycles. The second-order valence-electron chi connectivity index (χ2n) is 10.0. The van der Waals surface area contributed by atoms with E-state index < -0.39 is 0 Å². The van der Waals surface area contributed by atoms with Gasteiger partial charge in [-0.1, -0.05) is 0 Å². The zero-order chi connectivity index (χ0) is 22.5. The summed E-state index contributed by atoms with van der Waals surface area (Å²) in [5, 5.41) is 0. The first kappa shape index (κ1) is 21.6. The van der Waals surface area contributed by atoms with E-state index in [1.165, 1.54) is 44.5 Å². The van der Waals surface area contributed by atoms with Crippen molar-refractivity contribution >= 4 is 0 Å². The zero-order valence-electron chi connectivity index (χ0n) is 19.3.